The van der Waals surface area contributed by atoms with Crippen LogP contribution in [0.5, 0.6) is 0 Å². The third kappa shape index (κ3) is 2.14. The van der Waals surface area contributed by atoms with Crippen molar-refractivity contribution in [3.8, 4) is 0 Å². The van der Waals surface area contributed by atoms with Gasteiger partial charge >= 0.3 is 6.03 Å². The first-order valence-corrected chi connectivity index (χ1v) is 5.93. The lowest BCUT2D eigenvalue weighted by molar-refractivity contribution is 0.231. The normalized spacial score (nSPS) is 34.5. The van der Waals surface area contributed by atoms with E-state index in [9.17, 15) is 4.79 Å². The van der Waals surface area contributed by atoms with Gasteiger partial charge in [0.2, 0.25) is 0 Å². The number of urea groups is 1. The minimum absolute atomic E-state index is 0.0526. The van der Waals surface area contributed by atoms with E-state index >= 15 is 0 Å². The maximum absolute atomic E-state index is 11.4. The SMILES string of the molecule is O=C(NCCCl)NC1CC2CCC1C2. The van der Waals surface area contributed by atoms with E-state index in [0.717, 1.165) is 11.8 Å². The fourth-order valence-electron chi connectivity index (χ4n) is 2.80. The Morgan fingerprint density at radius 3 is 2.79 bits per heavy atom. The topological polar surface area (TPSA) is 41.1 Å². The first-order chi connectivity index (χ1) is 6.79. The summed E-state index contributed by atoms with van der Waals surface area (Å²) in [4.78, 5) is 11.4. The summed E-state index contributed by atoms with van der Waals surface area (Å²) < 4.78 is 0. The average Bonchev–Trinajstić information content (AvgIpc) is 2.76. The molecular formula is C10H17ClN2O. The van der Waals surface area contributed by atoms with Crippen molar-refractivity contribution < 1.29 is 4.79 Å². The second-order valence-corrected chi connectivity index (χ2v) is 4.75. The molecule has 0 spiro atoms. The zero-order valence-corrected chi connectivity index (χ0v) is 9.02. The van der Waals surface area contributed by atoms with Crippen molar-refractivity contribution >= 4 is 17.6 Å². The minimum atomic E-state index is -0.0526. The molecule has 2 amide bonds. The molecule has 0 aliphatic heterocycles. The standard InChI is InChI=1S/C10H17ClN2O/c11-3-4-12-10(14)13-9-6-7-1-2-8(9)5-7/h7-9H,1-6H2,(H2,12,13,14). The van der Waals surface area contributed by atoms with E-state index in [0.29, 0.717) is 18.5 Å². The fourth-order valence-corrected chi connectivity index (χ4v) is 2.90. The molecule has 3 unspecified atom stereocenters. The summed E-state index contributed by atoms with van der Waals surface area (Å²) >= 11 is 5.48. The molecule has 2 N–H and O–H groups in total. The van der Waals surface area contributed by atoms with Crippen LogP contribution in [0.2, 0.25) is 0 Å². The number of nitrogens with one attached hydrogen (secondary N) is 2. The van der Waals surface area contributed by atoms with Gasteiger partial charge in [0, 0.05) is 18.5 Å². The summed E-state index contributed by atoms with van der Waals surface area (Å²) in [6.07, 6.45) is 5.16. The van der Waals surface area contributed by atoms with Gasteiger partial charge in [0.15, 0.2) is 0 Å². The maximum atomic E-state index is 11.4. The maximum Gasteiger partial charge on any atom is 0.315 e. The molecule has 14 heavy (non-hydrogen) atoms. The van der Waals surface area contributed by atoms with Gasteiger partial charge in [-0.2, -0.15) is 0 Å². The van der Waals surface area contributed by atoms with Crippen LogP contribution in [0.15, 0.2) is 0 Å². The van der Waals surface area contributed by atoms with E-state index in [1.54, 1.807) is 0 Å². The first kappa shape index (κ1) is 10.1. The molecule has 0 aromatic rings. The molecule has 0 radical (unpaired) electrons. The van der Waals surface area contributed by atoms with Crippen molar-refractivity contribution in [3.05, 3.63) is 0 Å². The van der Waals surface area contributed by atoms with Crippen LogP contribution in [0.1, 0.15) is 25.7 Å². The number of carbonyl (C=O) groups is 1. The number of amides is 2. The molecular weight excluding hydrogens is 200 g/mol. The molecule has 0 saturated heterocycles. The van der Waals surface area contributed by atoms with Gasteiger partial charge in [-0.25, -0.2) is 4.79 Å². The van der Waals surface area contributed by atoms with E-state index in [-0.39, 0.29) is 6.03 Å². The molecule has 0 heterocycles. The van der Waals surface area contributed by atoms with Crippen LogP contribution >= 0.6 is 11.6 Å². The van der Waals surface area contributed by atoms with Crippen LogP contribution in [-0.4, -0.2) is 24.5 Å². The fraction of sp³-hybridized carbons (Fsp3) is 0.900. The highest BCUT2D eigenvalue weighted by Gasteiger charge is 2.39. The van der Waals surface area contributed by atoms with Gasteiger partial charge in [0.25, 0.3) is 0 Å². The van der Waals surface area contributed by atoms with Gasteiger partial charge < -0.3 is 10.6 Å². The van der Waals surface area contributed by atoms with Crippen LogP contribution in [0.25, 0.3) is 0 Å². The third-order valence-corrected chi connectivity index (χ3v) is 3.62. The number of halogens is 1. The highest BCUT2D eigenvalue weighted by atomic mass is 35.5. The number of rotatable bonds is 3. The smallest absolute Gasteiger partial charge is 0.315 e. The van der Waals surface area contributed by atoms with Gasteiger partial charge in [-0.3, -0.25) is 0 Å². The van der Waals surface area contributed by atoms with E-state index in [1.807, 2.05) is 0 Å². The number of carbonyl (C=O) groups excluding carboxylic acids is 1. The predicted octanol–water partition coefficient (Wildman–Crippen LogP) is 1.71. The lowest BCUT2D eigenvalue weighted by Gasteiger charge is -2.22. The number of alkyl halides is 1. The second kappa shape index (κ2) is 4.39. The van der Waals surface area contributed by atoms with E-state index in [1.165, 1.54) is 25.7 Å². The number of hydrogen-bond donors (Lipinski definition) is 2. The van der Waals surface area contributed by atoms with E-state index < -0.39 is 0 Å². The number of fused-ring (bicyclic) bond motifs is 2. The molecule has 2 aliphatic carbocycles. The Bertz CT molecular complexity index is 222. The van der Waals surface area contributed by atoms with Crippen molar-refractivity contribution in [1.29, 1.82) is 0 Å². The molecule has 2 rings (SSSR count). The van der Waals surface area contributed by atoms with Crippen molar-refractivity contribution in [3.63, 3.8) is 0 Å². The summed E-state index contributed by atoms with van der Waals surface area (Å²) in [5, 5.41) is 5.77. The van der Waals surface area contributed by atoms with Gasteiger partial charge in [0.05, 0.1) is 0 Å². The van der Waals surface area contributed by atoms with Crippen LogP contribution in [0, 0.1) is 11.8 Å². The van der Waals surface area contributed by atoms with Crippen molar-refractivity contribution in [2.24, 2.45) is 11.8 Å². The molecule has 4 heteroatoms. The highest BCUT2D eigenvalue weighted by molar-refractivity contribution is 6.18. The first-order valence-electron chi connectivity index (χ1n) is 5.40. The molecule has 80 valence electrons. The Morgan fingerprint density at radius 2 is 2.21 bits per heavy atom. The lowest BCUT2D eigenvalue weighted by Crippen LogP contribution is -2.44. The molecule has 3 atom stereocenters. The largest absolute Gasteiger partial charge is 0.337 e. The zero-order valence-electron chi connectivity index (χ0n) is 8.26. The van der Waals surface area contributed by atoms with Crippen molar-refractivity contribution in [1.82, 2.24) is 10.6 Å². The summed E-state index contributed by atoms with van der Waals surface area (Å²) in [5.74, 6) is 2.09. The molecule has 3 nitrogen and oxygen atoms in total. The van der Waals surface area contributed by atoms with E-state index in [4.69, 9.17) is 11.6 Å². The highest BCUT2D eigenvalue weighted by Crippen LogP contribution is 2.44. The molecule has 2 bridgehead atoms. The van der Waals surface area contributed by atoms with Gasteiger partial charge in [-0.05, 0) is 31.1 Å². The van der Waals surface area contributed by atoms with Gasteiger partial charge in [0.1, 0.15) is 0 Å². The van der Waals surface area contributed by atoms with Crippen LogP contribution in [0.4, 0.5) is 4.79 Å². The quantitative estimate of drug-likeness (QED) is 0.693. The molecule has 0 aromatic heterocycles. The number of hydrogen-bond acceptors (Lipinski definition) is 1. The Hall–Kier alpha value is -0.440. The predicted molar refractivity (Wildman–Crippen MR) is 56.5 cm³/mol. The second-order valence-electron chi connectivity index (χ2n) is 4.37. The minimum Gasteiger partial charge on any atom is -0.337 e. The lowest BCUT2D eigenvalue weighted by atomic mass is 9.95. The Balaban J connectivity index is 1.73. The summed E-state index contributed by atoms with van der Waals surface area (Å²) in [6.45, 7) is 0.550. The van der Waals surface area contributed by atoms with Crippen LogP contribution in [0.3, 0.4) is 0 Å². The van der Waals surface area contributed by atoms with Crippen molar-refractivity contribution in [2.75, 3.05) is 12.4 Å². The zero-order chi connectivity index (χ0) is 9.97. The third-order valence-electron chi connectivity index (χ3n) is 3.43. The summed E-state index contributed by atoms with van der Waals surface area (Å²) in [7, 11) is 0. The molecule has 0 aromatic carbocycles. The van der Waals surface area contributed by atoms with Crippen molar-refractivity contribution in [2.45, 2.75) is 31.7 Å². The average molecular weight is 217 g/mol. The molecule has 2 fully saturated rings. The van der Waals surface area contributed by atoms with Crippen LogP contribution in [-0.2, 0) is 0 Å². The molecule has 2 aliphatic rings. The van der Waals surface area contributed by atoms with Crippen LogP contribution < -0.4 is 10.6 Å². The van der Waals surface area contributed by atoms with Gasteiger partial charge in [-0.1, -0.05) is 6.42 Å². The Morgan fingerprint density at radius 1 is 1.36 bits per heavy atom. The molecule has 2 saturated carbocycles. The summed E-state index contributed by atoms with van der Waals surface area (Å²) in [5.41, 5.74) is 0. The Labute approximate surface area is 89.6 Å². The Kier molecular flexibility index (Phi) is 3.16. The van der Waals surface area contributed by atoms with Gasteiger partial charge in [-0.15, -0.1) is 11.6 Å². The summed E-state index contributed by atoms with van der Waals surface area (Å²) in [6, 6.07) is 0.368. The monoisotopic (exact) mass is 216 g/mol. The van der Waals surface area contributed by atoms with E-state index in [2.05, 4.69) is 10.6 Å².